The number of hydrogen-bond acceptors (Lipinski definition) is 2. The molecule has 1 aromatic carbocycles. The largest absolute Gasteiger partial charge is 0.232 e. The Kier molecular flexibility index (Phi) is 4.03. The maximum atomic E-state index is 13.5. The highest BCUT2D eigenvalue weighted by atomic mass is 35.5. The van der Waals surface area contributed by atoms with Gasteiger partial charge in [-0.25, -0.2) is 14.4 Å². The number of benzene rings is 1. The van der Waals surface area contributed by atoms with E-state index in [2.05, 4.69) is 9.97 Å². The third kappa shape index (κ3) is 3.10. The molecule has 20 heavy (non-hydrogen) atoms. The van der Waals surface area contributed by atoms with Gasteiger partial charge >= 0.3 is 0 Å². The van der Waals surface area contributed by atoms with Crippen molar-refractivity contribution >= 4 is 23.2 Å². The van der Waals surface area contributed by atoms with Crippen LogP contribution in [0.3, 0.4) is 0 Å². The van der Waals surface area contributed by atoms with Crippen LogP contribution in [0.2, 0.25) is 10.2 Å². The first-order chi connectivity index (χ1) is 9.18. The van der Waals surface area contributed by atoms with Crippen LogP contribution in [-0.2, 0) is 5.41 Å². The lowest BCUT2D eigenvalue weighted by atomic mass is 9.95. The monoisotopic (exact) mass is 312 g/mol. The molecule has 0 fully saturated rings. The van der Waals surface area contributed by atoms with Crippen molar-refractivity contribution in [1.82, 2.24) is 9.97 Å². The maximum Gasteiger partial charge on any atom is 0.136 e. The van der Waals surface area contributed by atoms with Crippen LogP contribution < -0.4 is 0 Å². The topological polar surface area (TPSA) is 25.8 Å². The summed E-state index contributed by atoms with van der Waals surface area (Å²) >= 11 is 12.1. The van der Waals surface area contributed by atoms with Gasteiger partial charge in [0.1, 0.15) is 16.8 Å². The molecule has 0 radical (unpaired) electrons. The molecule has 0 bridgehead atoms. The Morgan fingerprint density at radius 3 is 2.25 bits per heavy atom. The zero-order valence-corrected chi connectivity index (χ0v) is 13.3. The van der Waals surface area contributed by atoms with Gasteiger partial charge < -0.3 is 0 Å². The third-order valence-electron chi connectivity index (χ3n) is 2.89. The molecule has 0 atom stereocenters. The number of halogens is 3. The minimum atomic E-state index is -0.404. The highest BCUT2D eigenvalue weighted by Crippen LogP contribution is 2.31. The van der Waals surface area contributed by atoms with Crippen LogP contribution in [0, 0.1) is 12.7 Å². The van der Waals surface area contributed by atoms with E-state index in [1.807, 2.05) is 27.7 Å². The minimum absolute atomic E-state index is 0.247. The van der Waals surface area contributed by atoms with E-state index in [1.54, 1.807) is 6.07 Å². The molecule has 0 N–H and O–H groups in total. The van der Waals surface area contributed by atoms with Gasteiger partial charge in [0, 0.05) is 21.6 Å². The summed E-state index contributed by atoms with van der Waals surface area (Å²) in [6, 6.07) is 4.32. The summed E-state index contributed by atoms with van der Waals surface area (Å²) in [6.07, 6.45) is 0. The van der Waals surface area contributed by atoms with Gasteiger partial charge in [-0.1, -0.05) is 44.0 Å². The number of aromatic nitrogens is 2. The Hall–Kier alpha value is -1.19. The van der Waals surface area contributed by atoms with Crippen molar-refractivity contribution in [2.75, 3.05) is 0 Å². The van der Waals surface area contributed by atoms with E-state index in [0.29, 0.717) is 32.8 Å². The van der Waals surface area contributed by atoms with E-state index >= 15 is 0 Å². The lowest BCUT2D eigenvalue weighted by molar-refractivity contribution is 0.545. The molecule has 1 heterocycles. The number of rotatable bonds is 1. The van der Waals surface area contributed by atoms with Crippen molar-refractivity contribution < 1.29 is 4.39 Å². The van der Waals surface area contributed by atoms with Gasteiger partial charge in [0.05, 0.1) is 5.69 Å². The van der Waals surface area contributed by atoms with Gasteiger partial charge in [-0.05, 0) is 25.1 Å². The van der Waals surface area contributed by atoms with Gasteiger partial charge in [0.25, 0.3) is 0 Å². The SMILES string of the molecule is Cc1c(Cl)nc(C(C)(C)C)nc1-c1cc(F)cc(Cl)c1. The first kappa shape index (κ1) is 15.2. The van der Waals surface area contributed by atoms with E-state index in [4.69, 9.17) is 23.2 Å². The molecular weight excluding hydrogens is 298 g/mol. The summed E-state index contributed by atoms with van der Waals surface area (Å²) in [5, 5.41) is 0.701. The fraction of sp³-hybridized carbons (Fsp3) is 0.333. The molecule has 2 rings (SSSR count). The molecule has 0 aliphatic carbocycles. The predicted molar refractivity (Wildman–Crippen MR) is 80.9 cm³/mol. The summed E-state index contributed by atoms with van der Waals surface area (Å²) < 4.78 is 13.5. The van der Waals surface area contributed by atoms with Crippen LogP contribution in [0.25, 0.3) is 11.3 Å². The molecule has 2 aromatic rings. The molecule has 106 valence electrons. The van der Waals surface area contributed by atoms with Crippen LogP contribution in [0.1, 0.15) is 32.2 Å². The van der Waals surface area contributed by atoms with Crippen molar-refractivity contribution in [2.24, 2.45) is 0 Å². The number of hydrogen-bond donors (Lipinski definition) is 0. The molecule has 0 spiro atoms. The van der Waals surface area contributed by atoms with Gasteiger partial charge in [-0.2, -0.15) is 0 Å². The molecule has 0 aliphatic rings. The summed E-state index contributed by atoms with van der Waals surface area (Å²) in [7, 11) is 0. The lowest BCUT2D eigenvalue weighted by Gasteiger charge is -2.19. The molecule has 0 unspecified atom stereocenters. The van der Waals surface area contributed by atoms with E-state index in [-0.39, 0.29) is 5.41 Å². The molecule has 0 saturated carbocycles. The fourth-order valence-corrected chi connectivity index (χ4v) is 2.19. The van der Waals surface area contributed by atoms with Crippen LogP contribution in [0.15, 0.2) is 18.2 Å². The Bertz CT molecular complexity index is 643. The molecule has 5 heteroatoms. The van der Waals surface area contributed by atoms with Crippen LogP contribution in [-0.4, -0.2) is 9.97 Å². The first-order valence-corrected chi connectivity index (χ1v) is 6.95. The molecular formula is C15H15Cl2FN2. The molecule has 0 aliphatic heterocycles. The normalized spacial score (nSPS) is 11.8. The van der Waals surface area contributed by atoms with Crippen molar-refractivity contribution in [3.05, 3.63) is 45.6 Å². The Balaban J connectivity index is 2.70. The standard InChI is InChI=1S/C15H15Cl2FN2/c1-8-12(9-5-10(16)7-11(18)6-9)19-14(15(2,3)4)20-13(8)17/h5-7H,1-4H3. The predicted octanol–water partition coefficient (Wildman–Crippen LogP) is 5.20. The summed E-state index contributed by atoms with van der Waals surface area (Å²) in [6.45, 7) is 7.80. The second-order valence-electron chi connectivity index (χ2n) is 5.72. The van der Waals surface area contributed by atoms with Crippen LogP contribution in [0.4, 0.5) is 4.39 Å². The lowest BCUT2D eigenvalue weighted by Crippen LogP contribution is -2.17. The highest BCUT2D eigenvalue weighted by Gasteiger charge is 2.21. The summed E-state index contributed by atoms with van der Waals surface area (Å²) in [5.74, 6) is 0.211. The average Bonchev–Trinajstić information content (AvgIpc) is 2.29. The van der Waals surface area contributed by atoms with Crippen molar-refractivity contribution in [1.29, 1.82) is 0 Å². The zero-order chi connectivity index (χ0) is 15.1. The Labute approximate surface area is 128 Å². The first-order valence-electron chi connectivity index (χ1n) is 6.19. The molecule has 0 saturated heterocycles. The number of nitrogens with zero attached hydrogens (tertiary/aromatic N) is 2. The quantitative estimate of drug-likeness (QED) is 0.677. The van der Waals surface area contributed by atoms with E-state index < -0.39 is 5.82 Å². The van der Waals surface area contributed by atoms with Gasteiger partial charge in [-0.3, -0.25) is 0 Å². The average molecular weight is 313 g/mol. The van der Waals surface area contributed by atoms with Gasteiger partial charge in [-0.15, -0.1) is 0 Å². The van der Waals surface area contributed by atoms with Gasteiger partial charge in [0.15, 0.2) is 0 Å². The zero-order valence-electron chi connectivity index (χ0n) is 11.8. The summed E-state index contributed by atoms with van der Waals surface area (Å²) in [4.78, 5) is 8.84. The molecule has 1 aromatic heterocycles. The highest BCUT2D eigenvalue weighted by molar-refractivity contribution is 6.31. The Morgan fingerprint density at radius 2 is 1.70 bits per heavy atom. The van der Waals surface area contributed by atoms with Crippen molar-refractivity contribution in [2.45, 2.75) is 33.1 Å². The molecule has 0 amide bonds. The second kappa shape index (κ2) is 5.30. The minimum Gasteiger partial charge on any atom is -0.232 e. The van der Waals surface area contributed by atoms with Gasteiger partial charge in [0.2, 0.25) is 0 Å². The van der Waals surface area contributed by atoms with E-state index in [1.165, 1.54) is 12.1 Å². The fourth-order valence-electron chi connectivity index (χ4n) is 1.80. The summed E-state index contributed by atoms with van der Waals surface area (Å²) in [5.41, 5.74) is 1.67. The van der Waals surface area contributed by atoms with E-state index in [9.17, 15) is 4.39 Å². The van der Waals surface area contributed by atoms with Crippen LogP contribution in [0.5, 0.6) is 0 Å². The maximum absolute atomic E-state index is 13.5. The Morgan fingerprint density at radius 1 is 1.05 bits per heavy atom. The molecule has 2 nitrogen and oxygen atoms in total. The van der Waals surface area contributed by atoms with E-state index in [0.717, 1.165) is 0 Å². The van der Waals surface area contributed by atoms with Crippen molar-refractivity contribution in [3.8, 4) is 11.3 Å². The second-order valence-corrected chi connectivity index (χ2v) is 6.51. The van der Waals surface area contributed by atoms with Crippen LogP contribution >= 0.6 is 23.2 Å². The smallest absolute Gasteiger partial charge is 0.136 e. The third-order valence-corrected chi connectivity index (χ3v) is 3.48. The van der Waals surface area contributed by atoms with Crippen molar-refractivity contribution in [3.63, 3.8) is 0 Å².